The van der Waals surface area contributed by atoms with Crippen molar-refractivity contribution in [2.45, 2.75) is 47.1 Å². The number of rotatable bonds is 6. The van der Waals surface area contributed by atoms with Crippen LogP contribution >= 0.6 is 45.2 Å². The van der Waals surface area contributed by atoms with Crippen molar-refractivity contribution in [3.63, 3.8) is 0 Å². The molecule has 0 saturated carbocycles. The Morgan fingerprint density at radius 3 is 2.43 bits per heavy atom. The van der Waals surface area contributed by atoms with Crippen LogP contribution in [0.4, 0.5) is 0 Å². The molecule has 21 heavy (non-hydrogen) atoms. The molecule has 1 fully saturated rings. The molecular formula is C17H25AlIS2. The van der Waals surface area contributed by atoms with Crippen LogP contribution < -0.4 is 0 Å². The van der Waals surface area contributed by atoms with Crippen molar-refractivity contribution in [3.8, 4) is 0 Å². The second-order valence-electron chi connectivity index (χ2n) is 6.84. The van der Waals surface area contributed by atoms with Crippen LogP contribution in [0.3, 0.4) is 0 Å². The first-order valence-corrected chi connectivity index (χ1v) is 12.4. The van der Waals surface area contributed by atoms with Crippen LogP contribution in [-0.2, 0) is 0 Å². The van der Waals surface area contributed by atoms with Crippen molar-refractivity contribution in [1.29, 1.82) is 0 Å². The monoisotopic (exact) mass is 447 g/mol. The number of hydrogen-bond donors (Lipinski definition) is 0. The Labute approximate surface area is 157 Å². The van der Waals surface area contributed by atoms with Crippen LogP contribution in [-0.4, -0.2) is 33.6 Å². The molecule has 3 atom stereocenters. The van der Waals surface area contributed by atoms with Gasteiger partial charge < -0.3 is 0 Å². The molecule has 1 aliphatic heterocycles. The molecule has 2 rings (SSSR count). The third kappa shape index (κ3) is 4.47. The number of thioether (sulfide) groups is 1. The molecule has 0 aliphatic carbocycles. The van der Waals surface area contributed by atoms with E-state index in [0.717, 1.165) is 14.0 Å². The molecule has 3 unspecified atom stereocenters. The standard InChI is InChI=1S/C17H24IS2.Al.H/c1-12(2)10-13(3)17(4,15-11-18-15)20-16(19)14-8-6-5-7-9-14;;/h5-9,12,15,18H,10-11H2,1-4H3;;. The third-order valence-electron chi connectivity index (χ3n) is 4.32. The van der Waals surface area contributed by atoms with Gasteiger partial charge in [-0.05, 0) is 0 Å². The first-order valence-electron chi connectivity index (χ1n) is 7.51. The van der Waals surface area contributed by atoms with Crippen LogP contribution in [0.25, 0.3) is 0 Å². The van der Waals surface area contributed by atoms with Gasteiger partial charge >= 0.3 is 159 Å². The van der Waals surface area contributed by atoms with Crippen molar-refractivity contribution >= 4 is 65.7 Å². The first kappa shape index (κ1) is 18.3. The second kappa shape index (κ2) is 7.22. The Kier molecular flexibility index (Phi) is 6.28. The van der Waals surface area contributed by atoms with Crippen molar-refractivity contribution in [2.75, 3.05) is 4.43 Å². The fraction of sp³-hybridized carbons (Fsp3) is 0.588. The van der Waals surface area contributed by atoms with Crippen molar-refractivity contribution in [3.05, 3.63) is 35.9 Å². The Morgan fingerprint density at radius 1 is 1.38 bits per heavy atom. The molecule has 0 spiro atoms. The average Bonchev–Trinajstić information content (AvgIpc) is 3.22. The van der Waals surface area contributed by atoms with Crippen LogP contribution in [0.1, 0.15) is 39.7 Å². The maximum atomic E-state index is 5.78. The Hall–Kier alpha value is 0.922. The molecule has 0 nitrogen and oxygen atoms in total. The molecule has 1 aromatic carbocycles. The van der Waals surface area contributed by atoms with E-state index in [0.29, 0.717) is 9.02 Å². The number of hydrogen-bond acceptors (Lipinski definition) is 2. The molecule has 1 radical (unpaired) electrons. The van der Waals surface area contributed by atoms with E-state index >= 15 is 0 Å². The Balaban J connectivity index is 2.21. The quantitative estimate of drug-likeness (QED) is 0.259. The van der Waals surface area contributed by atoms with Gasteiger partial charge in [0.1, 0.15) is 0 Å². The molecule has 1 saturated heterocycles. The van der Waals surface area contributed by atoms with E-state index in [1.165, 1.54) is 16.4 Å². The number of thiocarbonyl (C=S) groups is 1. The molecule has 0 aromatic heterocycles. The predicted octanol–water partition coefficient (Wildman–Crippen LogP) is 5.06. The van der Waals surface area contributed by atoms with Crippen molar-refractivity contribution in [1.82, 2.24) is 0 Å². The van der Waals surface area contributed by atoms with E-state index in [1.807, 2.05) is 11.8 Å². The topological polar surface area (TPSA) is 0 Å². The normalized spacial score (nSPS) is 23.8. The fourth-order valence-corrected chi connectivity index (χ4v) is 10.4. The zero-order valence-electron chi connectivity index (χ0n) is 13.4. The number of alkyl halides is 2. The minimum atomic E-state index is 0.241. The van der Waals surface area contributed by atoms with Crippen LogP contribution in [0.15, 0.2) is 30.3 Å². The van der Waals surface area contributed by atoms with Gasteiger partial charge in [0.2, 0.25) is 0 Å². The van der Waals surface area contributed by atoms with Gasteiger partial charge in [0.05, 0.1) is 0 Å². The van der Waals surface area contributed by atoms with Crippen LogP contribution in [0.5, 0.6) is 0 Å². The maximum absolute atomic E-state index is 5.78. The van der Waals surface area contributed by atoms with Gasteiger partial charge in [-0.3, -0.25) is 0 Å². The Bertz CT molecular complexity index is 497. The van der Waals surface area contributed by atoms with Gasteiger partial charge in [0, 0.05) is 0 Å². The zero-order chi connectivity index (χ0) is 15.7. The van der Waals surface area contributed by atoms with Gasteiger partial charge in [-0.2, -0.15) is 0 Å². The summed E-state index contributed by atoms with van der Waals surface area (Å²) in [6.45, 7) is 9.65. The SMILES string of the molecule is CC(C)C[C](C)([AlH])C(C)(SC(=S)c1ccccc1)C1C[IH]1. The number of benzene rings is 1. The van der Waals surface area contributed by atoms with Crippen LogP contribution in [0, 0.1) is 5.92 Å². The molecule has 0 amide bonds. The van der Waals surface area contributed by atoms with E-state index in [1.54, 1.807) is 0 Å². The van der Waals surface area contributed by atoms with Crippen LogP contribution in [0.2, 0.25) is 4.28 Å². The van der Waals surface area contributed by atoms with E-state index in [4.69, 9.17) is 12.2 Å². The summed E-state index contributed by atoms with van der Waals surface area (Å²) in [5.41, 5.74) is 1.22. The average molecular weight is 447 g/mol. The summed E-state index contributed by atoms with van der Waals surface area (Å²) in [6.07, 6.45) is 1.29. The molecule has 1 heterocycles. The summed E-state index contributed by atoms with van der Waals surface area (Å²) in [5.74, 6) is 0.747. The van der Waals surface area contributed by atoms with Gasteiger partial charge in [0.25, 0.3) is 0 Å². The molecule has 0 N–H and O–H groups in total. The molecular weight excluding hydrogens is 422 g/mol. The predicted molar refractivity (Wildman–Crippen MR) is 113 cm³/mol. The summed E-state index contributed by atoms with van der Waals surface area (Å²) in [4.78, 5) is 0. The van der Waals surface area contributed by atoms with Gasteiger partial charge in [-0.1, -0.05) is 0 Å². The summed E-state index contributed by atoms with van der Waals surface area (Å²) in [6, 6.07) is 10.5. The molecule has 0 bridgehead atoms. The Morgan fingerprint density at radius 2 is 1.95 bits per heavy atom. The van der Waals surface area contributed by atoms with Gasteiger partial charge in [0.15, 0.2) is 0 Å². The van der Waals surface area contributed by atoms with E-state index < -0.39 is 0 Å². The summed E-state index contributed by atoms with van der Waals surface area (Å²) < 4.78 is 4.20. The van der Waals surface area contributed by atoms with E-state index in [-0.39, 0.29) is 21.2 Å². The summed E-state index contributed by atoms with van der Waals surface area (Å²) >= 11 is 10.2. The fourth-order valence-electron chi connectivity index (χ4n) is 2.87. The summed E-state index contributed by atoms with van der Waals surface area (Å²) in [7, 11) is 0. The van der Waals surface area contributed by atoms with Crippen molar-refractivity contribution in [2.24, 2.45) is 5.92 Å². The summed E-state index contributed by atoms with van der Waals surface area (Å²) in [5, 5.41) is 0. The van der Waals surface area contributed by atoms with E-state index in [9.17, 15) is 0 Å². The molecule has 4 heteroatoms. The first-order chi connectivity index (χ1) is 9.76. The van der Waals surface area contributed by atoms with E-state index in [2.05, 4.69) is 74.3 Å². The molecule has 1 aromatic rings. The van der Waals surface area contributed by atoms with Gasteiger partial charge in [-0.25, -0.2) is 0 Å². The molecule has 115 valence electrons. The van der Waals surface area contributed by atoms with Crippen molar-refractivity contribution < 1.29 is 0 Å². The minimum absolute atomic E-state index is 0.241. The molecule has 1 aliphatic rings. The van der Waals surface area contributed by atoms with Gasteiger partial charge in [-0.15, -0.1) is 0 Å². The number of halogens is 1. The zero-order valence-corrected chi connectivity index (χ0v) is 18.8. The second-order valence-corrected chi connectivity index (χ2v) is 14.1. The third-order valence-corrected chi connectivity index (χ3v) is 11.4.